The fraction of sp³-hybridized carbons (Fsp3) is 0.684. The minimum Gasteiger partial charge on any atom is -0.467 e. The van der Waals surface area contributed by atoms with E-state index in [4.69, 9.17) is 37.9 Å². The molecule has 1 aromatic carbocycles. The molecule has 0 bridgehead atoms. The number of benzene rings is 1. The highest BCUT2D eigenvalue weighted by Gasteiger charge is 2.55. The van der Waals surface area contributed by atoms with Crippen molar-refractivity contribution in [3.8, 4) is 0 Å². The van der Waals surface area contributed by atoms with Crippen LogP contribution in [0.25, 0.3) is 0 Å². The Hall–Kier alpha value is -4.24. The first kappa shape index (κ1) is 44.9. The molecular weight excluding hydrogens is 694 g/mol. The summed E-state index contributed by atoms with van der Waals surface area (Å²) >= 11 is 0. The summed E-state index contributed by atoms with van der Waals surface area (Å²) in [6.07, 6.45) is -8.62. The minimum absolute atomic E-state index is 0.0948. The molecule has 0 aromatic heterocycles. The van der Waals surface area contributed by atoms with Gasteiger partial charge in [-0.05, 0) is 88.6 Å². The SMILES string of the molecule is COC(=O)[C@H](CO[C@@H]1O[C@H](COC(=O)C(C)(C)C)[C@@H](OC(=O)C(C)(C)C)[C@H](OC(=O)C(C)(C)C)[C@H]1OC(=O)C(C)(C)C)NC(=O)OCc1ccccc1. The van der Waals surface area contributed by atoms with Crippen LogP contribution < -0.4 is 5.32 Å². The molecule has 1 N–H and O–H groups in total. The molecule has 0 saturated carbocycles. The average Bonchev–Trinajstić information content (AvgIpc) is 3.04. The molecule has 2 rings (SSSR count). The molecule has 1 fully saturated rings. The molecular formula is C38H57NO14. The molecule has 6 atom stereocenters. The zero-order valence-electron chi connectivity index (χ0n) is 33.2. The van der Waals surface area contributed by atoms with Crippen molar-refractivity contribution >= 4 is 35.9 Å². The number of carbonyl (C=O) groups excluding carboxylic acids is 6. The van der Waals surface area contributed by atoms with Crippen molar-refractivity contribution in [2.75, 3.05) is 20.3 Å². The second-order valence-corrected chi connectivity index (χ2v) is 16.9. The summed E-state index contributed by atoms with van der Waals surface area (Å²) in [5, 5.41) is 2.39. The summed E-state index contributed by atoms with van der Waals surface area (Å²) in [4.78, 5) is 78.7. The number of hydrogen-bond donors (Lipinski definition) is 1. The lowest BCUT2D eigenvalue weighted by atomic mass is 9.93. The van der Waals surface area contributed by atoms with E-state index in [9.17, 15) is 28.8 Å². The van der Waals surface area contributed by atoms with Gasteiger partial charge in [-0.3, -0.25) is 19.2 Å². The summed E-state index contributed by atoms with van der Waals surface area (Å²) in [6.45, 7) is 18.1. The third-order valence-corrected chi connectivity index (χ3v) is 7.57. The van der Waals surface area contributed by atoms with Crippen LogP contribution in [0.5, 0.6) is 0 Å². The minimum atomic E-state index is -1.64. The maximum absolute atomic E-state index is 13.5. The van der Waals surface area contributed by atoms with Crippen LogP contribution in [-0.2, 0) is 68.5 Å². The van der Waals surface area contributed by atoms with E-state index >= 15 is 0 Å². The fourth-order valence-electron chi connectivity index (χ4n) is 4.23. The summed E-state index contributed by atoms with van der Waals surface area (Å²) in [5.41, 5.74) is -3.45. The number of ether oxygens (including phenoxy) is 8. The van der Waals surface area contributed by atoms with Gasteiger partial charge in [-0.25, -0.2) is 9.59 Å². The molecule has 0 unspecified atom stereocenters. The molecule has 1 amide bonds. The van der Waals surface area contributed by atoms with Gasteiger partial charge in [-0.15, -0.1) is 0 Å². The number of methoxy groups -OCH3 is 1. The van der Waals surface area contributed by atoms with E-state index in [0.29, 0.717) is 5.56 Å². The van der Waals surface area contributed by atoms with Crippen molar-refractivity contribution in [3.63, 3.8) is 0 Å². The van der Waals surface area contributed by atoms with Crippen molar-refractivity contribution in [1.29, 1.82) is 0 Å². The number of alkyl carbamates (subject to hydrolysis) is 1. The highest BCUT2D eigenvalue weighted by atomic mass is 16.7. The van der Waals surface area contributed by atoms with Gasteiger partial charge in [0.15, 0.2) is 30.6 Å². The third kappa shape index (κ3) is 13.9. The second-order valence-electron chi connectivity index (χ2n) is 16.9. The van der Waals surface area contributed by atoms with E-state index in [0.717, 1.165) is 7.11 Å². The second kappa shape index (κ2) is 18.2. The van der Waals surface area contributed by atoms with Crippen LogP contribution >= 0.6 is 0 Å². The molecule has 0 aliphatic carbocycles. The summed E-state index contributed by atoms with van der Waals surface area (Å²) < 4.78 is 45.8. The summed E-state index contributed by atoms with van der Waals surface area (Å²) in [6, 6.07) is 7.38. The predicted molar refractivity (Wildman–Crippen MR) is 189 cm³/mol. The van der Waals surface area contributed by atoms with Gasteiger partial charge in [0.1, 0.15) is 19.3 Å². The number of hydrogen-bond acceptors (Lipinski definition) is 14. The fourth-order valence-corrected chi connectivity index (χ4v) is 4.23. The van der Waals surface area contributed by atoms with Gasteiger partial charge in [0.2, 0.25) is 0 Å². The number of nitrogens with one attached hydrogen (secondary N) is 1. The molecule has 1 aromatic rings. The molecule has 1 aliphatic heterocycles. The van der Waals surface area contributed by atoms with Gasteiger partial charge in [0.05, 0.1) is 35.4 Å². The van der Waals surface area contributed by atoms with E-state index in [1.54, 1.807) is 113 Å². The van der Waals surface area contributed by atoms with Crippen LogP contribution in [0.15, 0.2) is 30.3 Å². The molecule has 0 radical (unpaired) electrons. The van der Waals surface area contributed by atoms with Crippen molar-refractivity contribution in [2.45, 2.75) is 126 Å². The Labute approximate surface area is 312 Å². The monoisotopic (exact) mass is 751 g/mol. The Morgan fingerprint density at radius 3 is 1.60 bits per heavy atom. The quantitative estimate of drug-likeness (QED) is 0.229. The standard InChI is InChI=1S/C38H57NO14/c1-35(2,3)30(41)48-21-24-25(51-31(42)36(4,5)6)26(52-32(43)37(7,8)9)27(53-33(44)38(10,11)12)29(50-24)47-20-23(28(40)46-13)39-34(45)49-19-22-17-15-14-16-18-22/h14-18,23-27,29H,19-21H2,1-13H3,(H,39,45)/t23-,24+,25+,26-,27+,29+/m0/s1. The highest BCUT2D eigenvalue weighted by Crippen LogP contribution is 2.34. The van der Waals surface area contributed by atoms with Crippen molar-refractivity contribution in [3.05, 3.63) is 35.9 Å². The van der Waals surface area contributed by atoms with Crippen molar-refractivity contribution in [1.82, 2.24) is 5.32 Å². The van der Waals surface area contributed by atoms with Crippen LogP contribution in [0.4, 0.5) is 4.79 Å². The normalized spacial score (nSPS) is 21.3. The third-order valence-electron chi connectivity index (χ3n) is 7.57. The van der Waals surface area contributed by atoms with Gasteiger partial charge >= 0.3 is 35.9 Å². The van der Waals surface area contributed by atoms with E-state index in [-0.39, 0.29) is 6.61 Å². The van der Waals surface area contributed by atoms with E-state index in [2.05, 4.69) is 5.32 Å². The first-order valence-corrected chi connectivity index (χ1v) is 17.4. The van der Waals surface area contributed by atoms with Crippen LogP contribution in [0.1, 0.15) is 88.6 Å². The molecule has 15 heteroatoms. The van der Waals surface area contributed by atoms with Gasteiger partial charge in [0, 0.05) is 0 Å². The lowest BCUT2D eigenvalue weighted by Crippen LogP contribution is -2.64. The maximum Gasteiger partial charge on any atom is 0.408 e. The number of esters is 5. The molecule has 298 valence electrons. The Morgan fingerprint density at radius 1 is 0.660 bits per heavy atom. The highest BCUT2D eigenvalue weighted by molar-refractivity contribution is 5.81. The van der Waals surface area contributed by atoms with Gasteiger partial charge < -0.3 is 43.2 Å². The van der Waals surface area contributed by atoms with E-state index < -0.39 is 108 Å². The number of rotatable bonds is 12. The topological polar surface area (TPSA) is 188 Å². The molecule has 15 nitrogen and oxygen atoms in total. The van der Waals surface area contributed by atoms with Crippen LogP contribution in [0, 0.1) is 21.7 Å². The van der Waals surface area contributed by atoms with Gasteiger partial charge in [0.25, 0.3) is 0 Å². The summed E-state index contributed by atoms with van der Waals surface area (Å²) in [7, 11) is 1.10. The lowest BCUT2D eigenvalue weighted by molar-refractivity contribution is -0.312. The Balaban J connectivity index is 2.61. The van der Waals surface area contributed by atoms with Crippen molar-refractivity contribution < 1.29 is 66.7 Å². The Morgan fingerprint density at radius 2 is 1.13 bits per heavy atom. The van der Waals surface area contributed by atoms with Gasteiger partial charge in [-0.1, -0.05) is 30.3 Å². The molecule has 53 heavy (non-hydrogen) atoms. The maximum atomic E-state index is 13.5. The molecule has 1 saturated heterocycles. The summed E-state index contributed by atoms with van der Waals surface area (Å²) in [5.74, 6) is -3.77. The van der Waals surface area contributed by atoms with E-state index in [1.165, 1.54) is 0 Å². The Bertz CT molecular complexity index is 1430. The first-order valence-electron chi connectivity index (χ1n) is 17.4. The van der Waals surface area contributed by atoms with Crippen LogP contribution in [0.2, 0.25) is 0 Å². The smallest absolute Gasteiger partial charge is 0.408 e. The largest absolute Gasteiger partial charge is 0.467 e. The zero-order valence-corrected chi connectivity index (χ0v) is 33.2. The van der Waals surface area contributed by atoms with Crippen molar-refractivity contribution in [2.24, 2.45) is 21.7 Å². The van der Waals surface area contributed by atoms with E-state index in [1.807, 2.05) is 0 Å². The predicted octanol–water partition coefficient (Wildman–Crippen LogP) is 4.66. The van der Waals surface area contributed by atoms with Gasteiger partial charge in [-0.2, -0.15) is 0 Å². The number of amides is 1. The molecule has 1 heterocycles. The lowest BCUT2D eigenvalue weighted by Gasteiger charge is -2.46. The Kier molecular flexibility index (Phi) is 15.4. The van der Waals surface area contributed by atoms with Crippen LogP contribution in [-0.4, -0.2) is 93.0 Å². The first-order chi connectivity index (χ1) is 24.2. The van der Waals surface area contributed by atoms with Crippen LogP contribution in [0.3, 0.4) is 0 Å². The average molecular weight is 752 g/mol. The number of carbonyl (C=O) groups is 6. The zero-order chi connectivity index (χ0) is 40.5. The molecule has 0 spiro atoms. The molecule has 1 aliphatic rings.